The molecule has 0 spiro atoms. The van der Waals surface area contributed by atoms with Gasteiger partial charge in [0.05, 0.1) is 19.4 Å². The van der Waals surface area contributed by atoms with Crippen molar-refractivity contribution in [2.75, 3.05) is 47.2 Å². The lowest BCUT2D eigenvalue weighted by Crippen LogP contribution is -2.36. The Morgan fingerprint density at radius 3 is 2.31 bits per heavy atom. The maximum atomic E-state index is 12.0. The zero-order valence-corrected chi connectivity index (χ0v) is 20.1. The summed E-state index contributed by atoms with van der Waals surface area (Å²) < 4.78 is 7.33. The molecule has 0 unspecified atom stereocenters. The van der Waals surface area contributed by atoms with Crippen LogP contribution in [0.15, 0.2) is 54.7 Å². The number of hydrogen-bond acceptors (Lipinski definition) is 8. The van der Waals surface area contributed by atoms with Crippen molar-refractivity contribution in [1.82, 2.24) is 19.5 Å². The predicted octanol–water partition coefficient (Wildman–Crippen LogP) is 4.04. The van der Waals surface area contributed by atoms with Crippen molar-refractivity contribution in [2.24, 2.45) is 13.0 Å². The summed E-state index contributed by atoms with van der Waals surface area (Å²) in [5.74, 6) is 1.44. The predicted molar refractivity (Wildman–Crippen MR) is 140 cm³/mol. The number of imidazole rings is 1. The molecule has 3 heterocycles. The van der Waals surface area contributed by atoms with Gasteiger partial charge in [-0.1, -0.05) is 0 Å². The lowest BCUT2D eigenvalue weighted by atomic mass is 10.2. The van der Waals surface area contributed by atoms with Crippen LogP contribution in [0.2, 0.25) is 0 Å². The highest BCUT2D eigenvalue weighted by Gasteiger charge is 2.29. The number of aromatic nitrogens is 4. The van der Waals surface area contributed by atoms with E-state index in [1.807, 2.05) is 48.0 Å². The number of rotatable bonds is 7. The van der Waals surface area contributed by atoms with E-state index in [1.54, 1.807) is 6.20 Å². The Bertz CT molecular complexity index is 1370. The topological polar surface area (TPSA) is 109 Å². The van der Waals surface area contributed by atoms with Gasteiger partial charge in [-0.3, -0.25) is 9.36 Å². The first-order valence-electron chi connectivity index (χ1n) is 12.2. The highest BCUT2D eigenvalue weighted by molar-refractivity contribution is 5.94. The number of benzene rings is 2. The molecule has 1 aliphatic heterocycles. The molecule has 0 radical (unpaired) electrons. The molecule has 0 bridgehead atoms. The third-order valence-electron chi connectivity index (χ3n) is 6.47. The third-order valence-corrected chi connectivity index (χ3v) is 6.47. The molecule has 1 amide bonds. The summed E-state index contributed by atoms with van der Waals surface area (Å²) in [7, 11) is 1.91. The highest BCUT2D eigenvalue weighted by atomic mass is 16.5. The van der Waals surface area contributed by atoms with Crippen molar-refractivity contribution in [3.63, 3.8) is 0 Å². The van der Waals surface area contributed by atoms with Crippen LogP contribution in [0.4, 0.5) is 34.6 Å². The quantitative estimate of drug-likeness (QED) is 0.361. The van der Waals surface area contributed by atoms with E-state index in [1.165, 1.54) is 5.69 Å². The number of carbonyl (C=O) groups is 1. The number of anilines is 6. The number of morpholine rings is 1. The van der Waals surface area contributed by atoms with Crippen molar-refractivity contribution in [3.8, 4) is 0 Å². The summed E-state index contributed by atoms with van der Waals surface area (Å²) in [6.45, 7) is 3.34. The molecule has 3 N–H and O–H groups in total. The number of aryl methyl sites for hydroxylation is 1. The Balaban J connectivity index is 1.13. The van der Waals surface area contributed by atoms with Crippen LogP contribution >= 0.6 is 0 Å². The van der Waals surface area contributed by atoms with E-state index in [9.17, 15) is 4.79 Å². The Hall–Kier alpha value is -4.18. The monoisotopic (exact) mass is 484 g/mol. The standard InChI is InChI=1S/C26H28N8O2/c1-33-23-22(31-26(33)30-20-6-4-18(5-7-20)28-24(35)17-2-3-17)16-27-25(32-23)29-19-8-10-21(11-9-19)34-12-14-36-15-13-34/h4-11,16-17H,2-3,12-15H2,1H3,(H,28,35)(H,30,31)(H,27,29,32). The minimum atomic E-state index is 0.0992. The smallest absolute Gasteiger partial charge is 0.229 e. The van der Waals surface area contributed by atoms with E-state index < -0.39 is 0 Å². The summed E-state index contributed by atoms with van der Waals surface area (Å²) in [6.07, 6.45) is 3.69. The summed E-state index contributed by atoms with van der Waals surface area (Å²) in [4.78, 5) is 28.0. The molecule has 184 valence electrons. The molecule has 0 atom stereocenters. The van der Waals surface area contributed by atoms with E-state index in [-0.39, 0.29) is 11.8 Å². The zero-order valence-electron chi connectivity index (χ0n) is 20.1. The van der Waals surface area contributed by atoms with Gasteiger partial charge >= 0.3 is 0 Å². The van der Waals surface area contributed by atoms with Crippen LogP contribution in [0.3, 0.4) is 0 Å². The number of amides is 1. The van der Waals surface area contributed by atoms with Crippen molar-refractivity contribution >= 4 is 51.7 Å². The second-order valence-corrected chi connectivity index (χ2v) is 9.13. The van der Waals surface area contributed by atoms with Gasteiger partial charge in [0.2, 0.25) is 17.8 Å². The molecule has 2 aromatic heterocycles. The number of carbonyl (C=O) groups excluding carboxylic acids is 1. The van der Waals surface area contributed by atoms with Crippen LogP contribution in [0.25, 0.3) is 11.2 Å². The van der Waals surface area contributed by atoms with Gasteiger partial charge in [0.25, 0.3) is 0 Å². The minimum Gasteiger partial charge on any atom is -0.378 e. The molecule has 10 nitrogen and oxygen atoms in total. The molecule has 1 saturated heterocycles. The molecule has 1 saturated carbocycles. The van der Waals surface area contributed by atoms with E-state index in [0.29, 0.717) is 23.1 Å². The lowest BCUT2D eigenvalue weighted by Gasteiger charge is -2.28. The van der Waals surface area contributed by atoms with Gasteiger partial charge in [0.1, 0.15) is 5.52 Å². The van der Waals surface area contributed by atoms with Crippen molar-refractivity contribution in [3.05, 3.63) is 54.7 Å². The van der Waals surface area contributed by atoms with Crippen molar-refractivity contribution < 1.29 is 9.53 Å². The Morgan fingerprint density at radius 1 is 0.917 bits per heavy atom. The summed E-state index contributed by atoms with van der Waals surface area (Å²) in [5, 5.41) is 9.56. The van der Waals surface area contributed by atoms with Crippen molar-refractivity contribution in [2.45, 2.75) is 12.8 Å². The van der Waals surface area contributed by atoms with Gasteiger partial charge < -0.3 is 25.6 Å². The number of ether oxygens (including phenoxy) is 1. The maximum absolute atomic E-state index is 12.0. The molecule has 6 rings (SSSR count). The number of nitrogens with one attached hydrogen (secondary N) is 3. The van der Waals surface area contributed by atoms with Crippen LogP contribution in [0, 0.1) is 5.92 Å². The van der Waals surface area contributed by atoms with Crippen LogP contribution < -0.4 is 20.9 Å². The molecule has 1 aliphatic carbocycles. The van der Waals surface area contributed by atoms with Gasteiger partial charge in [0, 0.05) is 48.8 Å². The molecule has 2 fully saturated rings. The Labute approximate surface area is 208 Å². The number of hydrogen-bond donors (Lipinski definition) is 3. The fraction of sp³-hybridized carbons (Fsp3) is 0.308. The first-order valence-corrected chi connectivity index (χ1v) is 12.2. The number of nitrogens with zero attached hydrogens (tertiary/aromatic N) is 5. The highest BCUT2D eigenvalue weighted by Crippen LogP contribution is 2.30. The van der Waals surface area contributed by atoms with Crippen molar-refractivity contribution in [1.29, 1.82) is 0 Å². The molecule has 36 heavy (non-hydrogen) atoms. The minimum absolute atomic E-state index is 0.0992. The van der Waals surface area contributed by atoms with Crippen LogP contribution in [-0.4, -0.2) is 51.7 Å². The normalized spacial score (nSPS) is 15.6. The average Bonchev–Trinajstić information content (AvgIpc) is 3.72. The summed E-state index contributed by atoms with van der Waals surface area (Å²) in [5.41, 5.74) is 5.17. The summed E-state index contributed by atoms with van der Waals surface area (Å²) >= 11 is 0. The van der Waals surface area contributed by atoms with E-state index in [2.05, 4.69) is 47.9 Å². The molecule has 4 aromatic rings. The van der Waals surface area contributed by atoms with Gasteiger partial charge in [-0.25, -0.2) is 9.97 Å². The van der Waals surface area contributed by atoms with Crippen LogP contribution in [-0.2, 0) is 16.6 Å². The molecule has 10 heteroatoms. The summed E-state index contributed by atoms with van der Waals surface area (Å²) in [6, 6.07) is 15.9. The van der Waals surface area contributed by atoms with Gasteiger partial charge in [-0.2, -0.15) is 4.98 Å². The second-order valence-electron chi connectivity index (χ2n) is 9.13. The fourth-order valence-corrected chi connectivity index (χ4v) is 4.22. The first-order chi connectivity index (χ1) is 17.6. The molecule has 2 aromatic carbocycles. The first kappa shape index (κ1) is 22.3. The van der Waals surface area contributed by atoms with Gasteiger partial charge in [-0.05, 0) is 61.4 Å². The Morgan fingerprint density at radius 2 is 1.58 bits per heavy atom. The molecular weight excluding hydrogens is 456 g/mol. The van der Waals surface area contributed by atoms with Gasteiger partial charge in [0.15, 0.2) is 5.65 Å². The van der Waals surface area contributed by atoms with E-state index >= 15 is 0 Å². The Kier molecular flexibility index (Phi) is 5.86. The van der Waals surface area contributed by atoms with Gasteiger partial charge in [-0.15, -0.1) is 0 Å². The SMILES string of the molecule is Cn1c(Nc2ccc(NC(=O)C3CC3)cc2)nc2cnc(Nc3ccc(N4CCOCC4)cc3)nc21. The average molecular weight is 485 g/mol. The third kappa shape index (κ3) is 4.80. The van der Waals surface area contributed by atoms with Crippen LogP contribution in [0.5, 0.6) is 0 Å². The number of fused-ring (bicyclic) bond motifs is 1. The fourth-order valence-electron chi connectivity index (χ4n) is 4.22. The lowest BCUT2D eigenvalue weighted by molar-refractivity contribution is -0.117. The largest absolute Gasteiger partial charge is 0.378 e. The molecular formula is C26H28N8O2. The van der Waals surface area contributed by atoms with E-state index in [4.69, 9.17) is 4.74 Å². The second kappa shape index (κ2) is 9.46. The maximum Gasteiger partial charge on any atom is 0.229 e. The molecule has 2 aliphatic rings. The van der Waals surface area contributed by atoms with E-state index in [0.717, 1.165) is 56.2 Å². The van der Waals surface area contributed by atoms with Crippen LogP contribution in [0.1, 0.15) is 12.8 Å². The zero-order chi connectivity index (χ0) is 24.5.